The molecule has 0 aromatic carbocycles. The zero-order valence-electron chi connectivity index (χ0n) is 9.69. The summed E-state index contributed by atoms with van der Waals surface area (Å²) in [6.07, 6.45) is 2.47. The van der Waals surface area contributed by atoms with E-state index < -0.39 is 0 Å². The van der Waals surface area contributed by atoms with Gasteiger partial charge in [-0.15, -0.1) is 10.2 Å². The average molecular weight is 261 g/mol. The number of rotatable bonds is 3. The SMILES string of the molecule is CN1CCC(N(C)Cc2nnc(Cl)s2)CC1. The van der Waals surface area contributed by atoms with E-state index in [2.05, 4.69) is 34.1 Å². The van der Waals surface area contributed by atoms with E-state index in [0.717, 1.165) is 11.6 Å². The number of hydrogen-bond acceptors (Lipinski definition) is 5. The molecule has 0 aliphatic carbocycles. The number of piperidine rings is 1. The highest BCUT2D eigenvalue weighted by Gasteiger charge is 2.21. The van der Waals surface area contributed by atoms with Gasteiger partial charge >= 0.3 is 0 Å². The molecule has 0 atom stereocenters. The fourth-order valence-electron chi connectivity index (χ4n) is 2.08. The molecular weight excluding hydrogens is 244 g/mol. The van der Waals surface area contributed by atoms with E-state index in [-0.39, 0.29) is 0 Å². The summed E-state index contributed by atoms with van der Waals surface area (Å²) in [6.45, 7) is 3.23. The van der Waals surface area contributed by atoms with E-state index in [9.17, 15) is 0 Å². The molecule has 0 spiro atoms. The molecule has 90 valence electrons. The molecule has 4 nitrogen and oxygen atoms in total. The van der Waals surface area contributed by atoms with Crippen molar-refractivity contribution < 1.29 is 0 Å². The first-order valence-corrected chi connectivity index (χ1v) is 6.71. The third-order valence-electron chi connectivity index (χ3n) is 3.14. The second-order valence-electron chi connectivity index (χ2n) is 4.40. The summed E-state index contributed by atoms with van der Waals surface area (Å²) in [6, 6.07) is 0.666. The third-order valence-corrected chi connectivity index (χ3v) is 4.14. The molecule has 1 aliphatic rings. The minimum Gasteiger partial charge on any atom is -0.306 e. The summed E-state index contributed by atoms with van der Waals surface area (Å²) in [4.78, 5) is 4.75. The minimum absolute atomic E-state index is 0.534. The lowest BCUT2D eigenvalue weighted by atomic mass is 10.0. The van der Waals surface area contributed by atoms with Gasteiger partial charge in [-0.2, -0.15) is 0 Å². The van der Waals surface area contributed by atoms with Crippen molar-refractivity contribution in [2.45, 2.75) is 25.4 Å². The van der Waals surface area contributed by atoms with Gasteiger partial charge in [-0.3, -0.25) is 4.90 Å². The van der Waals surface area contributed by atoms with Crippen LogP contribution in [-0.2, 0) is 6.54 Å². The maximum atomic E-state index is 5.77. The molecule has 0 saturated carbocycles. The van der Waals surface area contributed by atoms with Crippen molar-refractivity contribution in [3.63, 3.8) is 0 Å². The second-order valence-corrected chi connectivity index (χ2v) is 6.04. The van der Waals surface area contributed by atoms with E-state index in [1.54, 1.807) is 0 Å². The van der Waals surface area contributed by atoms with Gasteiger partial charge in [-0.25, -0.2) is 0 Å². The molecule has 1 fully saturated rings. The van der Waals surface area contributed by atoms with Crippen LogP contribution < -0.4 is 0 Å². The zero-order chi connectivity index (χ0) is 11.5. The third kappa shape index (κ3) is 3.13. The number of nitrogens with zero attached hydrogens (tertiary/aromatic N) is 4. The van der Waals surface area contributed by atoms with Crippen LogP contribution in [0.3, 0.4) is 0 Å². The molecule has 1 aliphatic heterocycles. The van der Waals surface area contributed by atoms with Gasteiger partial charge in [0.05, 0.1) is 6.54 Å². The molecule has 0 radical (unpaired) electrons. The van der Waals surface area contributed by atoms with Crippen molar-refractivity contribution in [2.24, 2.45) is 0 Å². The summed E-state index contributed by atoms with van der Waals surface area (Å²) >= 11 is 7.24. The molecule has 0 bridgehead atoms. The average Bonchev–Trinajstić information content (AvgIpc) is 2.65. The van der Waals surface area contributed by atoms with E-state index in [1.807, 2.05) is 0 Å². The second kappa shape index (κ2) is 5.40. The molecule has 2 rings (SSSR count). The zero-order valence-corrected chi connectivity index (χ0v) is 11.3. The molecule has 0 N–H and O–H groups in total. The first kappa shape index (κ1) is 12.2. The minimum atomic E-state index is 0.534. The quantitative estimate of drug-likeness (QED) is 0.829. The monoisotopic (exact) mass is 260 g/mol. The van der Waals surface area contributed by atoms with Crippen molar-refractivity contribution in [1.82, 2.24) is 20.0 Å². The van der Waals surface area contributed by atoms with Gasteiger partial charge in [0.15, 0.2) is 0 Å². The van der Waals surface area contributed by atoms with Gasteiger partial charge in [-0.1, -0.05) is 11.3 Å². The highest BCUT2D eigenvalue weighted by molar-refractivity contribution is 7.15. The van der Waals surface area contributed by atoms with Crippen molar-refractivity contribution in [1.29, 1.82) is 0 Å². The van der Waals surface area contributed by atoms with Crippen LogP contribution in [0.25, 0.3) is 0 Å². The molecule has 6 heteroatoms. The summed E-state index contributed by atoms with van der Waals surface area (Å²) in [7, 11) is 4.34. The molecule has 16 heavy (non-hydrogen) atoms. The van der Waals surface area contributed by atoms with Crippen LogP contribution >= 0.6 is 22.9 Å². The van der Waals surface area contributed by atoms with Crippen molar-refractivity contribution >= 4 is 22.9 Å². The molecule has 0 amide bonds. The molecule has 0 unspecified atom stereocenters. The summed E-state index contributed by atoms with van der Waals surface area (Å²) in [5.74, 6) is 0. The van der Waals surface area contributed by atoms with Crippen LogP contribution in [0.2, 0.25) is 4.47 Å². The summed E-state index contributed by atoms with van der Waals surface area (Å²) < 4.78 is 0.534. The van der Waals surface area contributed by atoms with Crippen LogP contribution in [0.5, 0.6) is 0 Å². The van der Waals surface area contributed by atoms with Gasteiger partial charge < -0.3 is 4.90 Å². The Labute approximate surface area is 105 Å². The topological polar surface area (TPSA) is 32.3 Å². The molecular formula is C10H17ClN4S. The van der Waals surface area contributed by atoms with E-state index in [1.165, 1.54) is 37.3 Å². The smallest absolute Gasteiger partial charge is 0.207 e. The molecule has 1 saturated heterocycles. The standard InChI is InChI=1S/C10H17ClN4S/c1-14-5-3-8(4-6-14)15(2)7-9-12-13-10(11)16-9/h8H,3-7H2,1-2H3. The van der Waals surface area contributed by atoms with Crippen LogP contribution in [0, 0.1) is 0 Å². The Morgan fingerprint density at radius 1 is 1.44 bits per heavy atom. The van der Waals surface area contributed by atoms with Crippen LogP contribution in [0.1, 0.15) is 17.8 Å². The fraction of sp³-hybridized carbons (Fsp3) is 0.800. The van der Waals surface area contributed by atoms with Crippen LogP contribution in [0.4, 0.5) is 0 Å². The molecule has 1 aromatic rings. The lowest BCUT2D eigenvalue weighted by Gasteiger charge is -2.34. The van der Waals surface area contributed by atoms with E-state index >= 15 is 0 Å². The van der Waals surface area contributed by atoms with Crippen molar-refractivity contribution in [2.75, 3.05) is 27.2 Å². The van der Waals surface area contributed by atoms with Gasteiger partial charge in [0.2, 0.25) is 4.47 Å². The maximum Gasteiger partial charge on any atom is 0.207 e. The Morgan fingerprint density at radius 3 is 2.69 bits per heavy atom. The number of hydrogen-bond donors (Lipinski definition) is 0. The number of halogens is 1. The van der Waals surface area contributed by atoms with Gasteiger partial charge in [-0.05, 0) is 51.6 Å². The number of likely N-dealkylation sites (tertiary alicyclic amines) is 1. The fourth-order valence-corrected chi connectivity index (χ4v) is 3.01. The van der Waals surface area contributed by atoms with Gasteiger partial charge in [0.1, 0.15) is 5.01 Å². The lowest BCUT2D eigenvalue weighted by molar-refractivity contribution is 0.139. The predicted octanol–water partition coefficient (Wildman–Crippen LogP) is 1.72. The summed E-state index contributed by atoms with van der Waals surface area (Å²) in [5, 5.41) is 8.88. The Kier molecular flexibility index (Phi) is 4.13. The van der Waals surface area contributed by atoms with Crippen LogP contribution in [-0.4, -0.2) is 53.2 Å². The Morgan fingerprint density at radius 2 is 2.12 bits per heavy atom. The first-order valence-electron chi connectivity index (χ1n) is 5.52. The Bertz CT molecular complexity index is 335. The largest absolute Gasteiger partial charge is 0.306 e. The Balaban J connectivity index is 1.85. The first-order chi connectivity index (χ1) is 7.65. The molecule has 1 aromatic heterocycles. The van der Waals surface area contributed by atoms with Gasteiger partial charge in [0, 0.05) is 6.04 Å². The predicted molar refractivity (Wildman–Crippen MR) is 66.9 cm³/mol. The van der Waals surface area contributed by atoms with Crippen LogP contribution in [0.15, 0.2) is 0 Å². The highest BCUT2D eigenvalue weighted by Crippen LogP contribution is 2.20. The van der Waals surface area contributed by atoms with Crippen molar-refractivity contribution in [3.8, 4) is 0 Å². The van der Waals surface area contributed by atoms with E-state index in [4.69, 9.17) is 11.6 Å². The van der Waals surface area contributed by atoms with E-state index in [0.29, 0.717) is 10.5 Å². The normalized spacial score (nSPS) is 19.5. The molecule has 2 heterocycles. The summed E-state index contributed by atoms with van der Waals surface area (Å²) in [5.41, 5.74) is 0. The van der Waals surface area contributed by atoms with Crippen molar-refractivity contribution in [3.05, 3.63) is 9.47 Å². The lowest BCUT2D eigenvalue weighted by Crippen LogP contribution is -2.41. The Hall–Kier alpha value is -0.230. The maximum absolute atomic E-state index is 5.77. The van der Waals surface area contributed by atoms with Gasteiger partial charge in [0.25, 0.3) is 0 Å². The highest BCUT2D eigenvalue weighted by atomic mass is 35.5. The number of aromatic nitrogens is 2.